The van der Waals surface area contributed by atoms with E-state index in [0.29, 0.717) is 23.1 Å². The average Bonchev–Trinajstić information content (AvgIpc) is 3.10. The molecule has 0 aliphatic heterocycles. The minimum atomic E-state index is -0.504. The second kappa shape index (κ2) is 10.3. The van der Waals surface area contributed by atoms with Gasteiger partial charge in [0, 0.05) is 12.0 Å². The van der Waals surface area contributed by atoms with Crippen LogP contribution in [0.3, 0.4) is 0 Å². The number of benzene rings is 1. The van der Waals surface area contributed by atoms with Crippen molar-refractivity contribution in [2.45, 2.75) is 39.5 Å². The number of anilines is 1. The van der Waals surface area contributed by atoms with Gasteiger partial charge in [-0.05, 0) is 25.0 Å². The fourth-order valence-corrected chi connectivity index (χ4v) is 2.92. The topological polar surface area (TPSA) is 87.9 Å². The first-order chi connectivity index (χ1) is 12.7. The van der Waals surface area contributed by atoms with E-state index in [4.69, 9.17) is 4.74 Å². The van der Waals surface area contributed by atoms with Crippen molar-refractivity contribution in [1.29, 1.82) is 5.26 Å². The third-order valence-electron chi connectivity index (χ3n) is 3.48. The smallest absolute Gasteiger partial charge is 0.268 e. The highest BCUT2D eigenvalue weighted by Gasteiger charge is 2.14. The molecule has 2 aromatic rings. The first-order valence-corrected chi connectivity index (χ1v) is 9.46. The Kier molecular flexibility index (Phi) is 7.77. The highest BCUT2D eigenvalue weighted by molar-refractivity contribution is 7.15. The van der Waals surface area contributed by atoms with E-state index in [-0.39, 0.29) is 5.57 Å². The number of unbranched alkanes of at least 4 members (excludes halogenated alkanes) is 1. The van der Waals surface area contributed by atoms with Crippen molar-refractivity contribution < 1.29 is 9.53 Å². The molecule has 0 bridgehead atoms. The highest BCUT2D eigenvalue weighted by Crippen LogP contribution is 2.22. The molecule has 0 aliphatic carbocycles. The van der Waals surface area contributed by atoms with Crippen LogP contribution in [0.5, 0.6) is 5.75 Å². The standard InChI is InChI=1S/C19H22N4O2S/c1-3-5-10-17-22-23-19(26-17)21-18(24)15(13-20)12-14-8-6-7-9-16(14)25-11-4-2/h6-9,12H,3-5,10-11H2,1-2H3,(H,21,23,24)/b15-12+. The van der Waals surface area contributed by atoms with Gasteiger partial charge in [0.15, 0.2) is 0 Å². The molecular formula is C19H22N4O2S. The van der Waals surface area contributed by atoms with E-state index in [1.54, 1.807) is 0 Å². The summed E-state index contributed by atoms with van der Waals surface area (Å²) in [5.41, 5.74) is 0.677. The van der Waals surface area contributed by atoms with Gasteiger partial charge in [0.05, 0.1) is 6.61 Å². The number of para-hydroxylation sites is 1. The Balaban J connectivity index is 2.12. The van der Waals surface area contributed by atoms with Crippen molar-refractivity contribution in [3.63, 3.8) is 0 Å². The maximum absolute atomic E-state index is 12.4. The number of carbonyl (C=O) groups excluding carboxylic acids is 1. The molecule has 7 heteroatoms. The van der Waals surface area contributed by atoms with Gasteiger partial charge in [-0.3, -0.25) is 10.1 Å². The Morgan fingerprint density at radius 2 is 2.12 bits per heavy atom. The lowest BCUT2D eigenvalue weighted by molar-refractivity contribution is -0.112. The Morgan fingerprint density at radius 3 is 2.85 bits per heavy atom. The first kappa shape index (κ1) is 19.6. The summed E-state index contributed by atoms with van der Waals surface area (Å²) in [5, 5.41) is 21.3. The number of aromatic nitrogens is 2. The van der Waals surface area contributed by atoms with Crippen molar-refractivity contribution in [1.82, 2.24) is 10.2 Å². The Bertz CT molecular complexity index is 808. The van der Waals surface area contributed by atoms with Gasteiger partial charge >= 0.3 is 0 Å². The number of nitriles is 1. The monoisotopic (exact) mass is 370 g/mol. The quantitative estimate of drug-likeness (QED) is 0.527. The molecule has 1 aromatic heterocycles. The van der Waals surface area contributed by atoms with Crippen molar-refractivity contribution in [2.24, 2.45) is 0 Å². The van der Waals surface area contributed by atoms with E-state index >= 15 is 0 Å². The maximum Gasteiger partial charge on any atom is 0.268 e. The lowest BCUT2D eigenvalue weighted by Crippen LogP contribution is -2.13. The van der Waals surface area contributed by atoms with E-state index in [1.165, 1.54) is 17.4 Å². The number of nitrogens with one attached hydrogen (secondary N) is 1. The van der Waals surface area contributed by atoms with Crippen LogP contribution in [0.4, 0.5) is 5.13 Å². The molecule has 1 aromatic carbocycles. The average molecular weight is 370 g/mol. The van der Waals surface area contributed by atoms with Gasteiger partial charge in [0.2, 0.25) is 5.13 Å². The molecule has 0 saturated carbocycles. The molecule has 6 nitrogen and oxygen atoms in total. The van der Waals surface area contributed by atoms with Gasteiger partial charge < -0.3 is 4.74 Å². The van der Waals surface area contributed by atoms with E-state index in [2.05, 4.69) is 22.4 Å². The van der Waals surface area contributed by atoms with Crippen LogP contribution in [0, 0.1) is 11.3 Å². The predicted octanol–water partition coefficient (Wildman–Crippen LogP) is 4.22. The second-order valence-corrected chi connectivity index (χ2v) is 6.68. The zero-order chi connectivity index (χ0) is 18.8. The zero-order valence-electron chi connectivity index (χ0n) is 15.0. The van der Waals surface area contributed by atoms with Crippen molar-refractivity contribution in [3.8, 4) is 11.8 Å². The van der Waals surface area contributed by atoms with Crippen molar-refractivity contribution >= 4 is 28.5 Å². The maximum atomic E-state index is 12.4. The fraction of sp³-hybridized carbons (Fsp3) is 0.368. The lowest BCUT2D eigenvalue weighted by Gasteiger charge is -2.08. The summed E-state index contributed by atoms with van der Waals surface area (Å²) in [7, 11) is 0. The number of hydrogen-bond donors (Lipinski definition) is 1. The molecule has 0 atom stereocenters. The normalized spacial score (nSPS) is 11.0. The van der Waals surface area contributed by atoms with Crippen LogP contribution < -0.4 is 10.1 Å². The fourth-order valence-electron chi connectivity index (χ4n) is 2.14. The van der Waals surface area contributed by atoms with Crippen molar-refractivity contribution in [2.75, 3.05) is 11.9 Å². The van der Waals surface area contributed by atoms with Gasteiger partial charge in [-0.2, -0.15) is 5.26 Å². The molecule has 26 heavy (non-hydrogen) atoms. The van der Waals surface area contributed by atoms with Crippen LogP contribution in [-0.2, 0) is 11.2 Å². The number of rotatable bonds is 9. The van der Waals surface area contributed by atoms with Crippen molar-refractivity contribution in [3.05, 3.63) is 40.4 Å². The molecule has 1 heterocycles. The minimum Gasteiger partial charge on any atom is -0.493 e. The van der Waals surface area contributed by atoms with Gasteiger partial charge in [0.1, 0.15) is 22.4 Å². The Morgan fingerprint density at radius 1 is 1.31 bits per heavy atom. The van der Waals surface area contributed by atoms with Crippen LogP contribution in [0.2, 0.25) is 0 Å². The summed E-state index contributed by atoms with van der Waals surface area (Å²) in [5.74, 6) is 0.142. The summed E-state index contributed by atoms with van der Waals surface area (Å²) in [6.45, 7) is 4.70. The third-order valence-corrected chi connectivity index (χ3v) is 4.38. The van der Waals surface area contributed by atoms with Crippen LogP contribution in [0.1, 0.15) is 43.7 Å². The number of aryl methyl sites for hydroxylation is 1. The molecule has 0 radical (unpaired) electrons. The molecule has 1 amide bonds. The number of ether oxygens (including phenoxy) is 1. The summed E-state index contributed by atoms with van der Waals surface area (Å²) in [4.78, 5) is 12.4. The molecule has 0 saturated heterocycles. The summed E-state index contributed by atoms with van der Waals surface area (Å²) in [6, 6.07) is 9.26. The van der Waals surface area contributed by atoms with Crippen LogP contribution in [-0.4, -0.2) is 22.7 Å². The van der Waals surface area contributed by atoms with Gasteiger partial charge in [-0.25, -0.2) is 0 Å². The van der Waals surface area contributed by atoms with Crippen LogP contribution in [0.25, 0.3) is 6.08 Å². The van der Waals surface area contributed by atoms with Gasteiger partial charge in [0.25, 0.3) is 5.91 Å². The molecule has 136 valence electrons. The first-order valence-electron chi connectivity index (χ1n) is 8.65. The summed E-state index contributed by atoms with van der Waals surface area (Å²) in [6.07, 6.45) is 5.34. The molecule has 2 rings (SSSR count). The molecule has 0 aliphatic rings. The third kappa shape index (κ3) is 5.67. The van der Waals surface area contributed by atoms with E-state index in [0.717, 1.165) is 30.7 Å². The lowest BCUT2D eigenvalue weighted by atomic mass is 10.1. The zero-order valence-corrected chi connectivity index (χ0v) is 15.8. The molecule has 0 unspecified atom stereocenters. The summed E-state index contributed by atoms with van der Waals surface area (Å²) < 4.78 is 5.66. The highest BCUT2D eigenvalue weighted by atomic mass is 32.1. The van der Waals surface area contributed by atoms with E-state index in [1.807, 2.05) is 37.3 Å². The van der Waals surface area contributed by atoms with Crippen LogP contribution in [0.15, 0.2) is 29.8 Å². The second-order valence-electron chi connectivity index (χ2n) is 5.61. The van der Waals surface area contributed by atoms with E-state index < -0.39 is 5.91 Å². The molecular weight excluding hydrogens is 348 g/mol. The largest absolute Gasteiger partial charge is 0.493 e. The summed E-state index contributed by atoms with van der Waals surface area (Å²) >= 11 is 1.33. The number of carbonyl (C=O) groups is 1. The predicted molar refractivity (Wildman–Crippen MR) is 103 cm³/mol. The molecule has 0 spiro atoms. The number of nitrogens with zero attached hydrogens (tertiary/aromatic N) is 3. The van der Waals surface area contributed by atoms with E-state index in [9.17, 15) is 10.1 Å². The molecule has 1 N–H and O–H groups in total. The SMILES string of the molecule is CCCCc1nnc(NC(=O)/C(C#N)=C/c2ccccc2OCCC)s1. The Labute approximate surface area is 157 Å². The van der Waals surface area contributed by atoms with Crippen LogP contribution >= 0.6 is 11.3 Å². The van der Waals surface area contributed by atoms with Gasteiger partial charge in [-0.15, -0.1) is 10.2 Å². The Hall–Kier alpha value is -2.72. The minimum absolute atomic E-state index is 0.0112. The number of amides is 1. The number of hydrogen-bond acceptors (Lipinski definition) is 6. The van der Waals surface area contributed by atoms with Gasteiger partial charge in [-0.1, -0.05) is 49.8 Å². The molecule has 0 fully saturated rings.